The zero-order chi connectivity index (χ0) is 21.1. The lowest BCUT2D eigenvalue weighted by Crippen LogP contribution is -2.45. The summed E-state index contributed by atoms with van der Waals surface area (Å²) >= 11 is 0. The van der Waals surface area contributed by atoms with Crippen LogP contribution in [0.4, 0.5) is 17.6 Å². The summed E-state index contributed by atoms with van der Waals surface area (Å²) in [5.74, 6) is 4.34. The van der Waals surface area contributed by atoms with Gasteiger partial charge in [-0.2, -0.15) is 9.97 Å². The Balaban J connectivity index is 1.43. The van der Waals surface area contributed by atoms with Crippen LogP contribution in [0, 0.1) is 5.92 Å². The van der Waals surface area contributed by atoms with Gasteiger partial charge in [0.1, 0.15) is 11.6 Å². The number of hydrogen-bond donors (Lipinski definition) is 1. The van der Waals surface area contributed by atoms with Crippen LogP contribution in [0.1, 0.15) is 12.0 Å². The smallest absolute Gasteiger partial charge is 0.223 e. The van der Waals surface area contributed by atoms with E-state index in [9.17, 15) is 0 Å². The number of anilines is 3. The standard InChI is InChI=1S/C22H32N6O2/c1-26-8-10-27(11-9-26)20-14-21(25-22(23)24-20)28-7-6-17(15-28)12-16-4-5-18(29-2)19(13-16)30-3/h4-5,13-14,17H,6-12,15H2,1-3H3,(H2,23,24,25). The second-order valence-electron chi connectivity index (χ2n) is 8.23. The van der Waals surface area contributed by atoms with Crippen molar-refractivity contribution in [3.05, 3.63) is 29.8 Å². The van der Waals surface area contributed by atoms with Crippen molar-refractivity contribution >= 4 is 17.6 Å². The minimum Gasteiger partial charge on any atom is -0.493 e. The van der Waals surface area contributed by atoms with E-state index >= 15 is 0 Å². The number of benzene rings is 1. The number of likely N-dealkylation sites (N-methyl/N-ethyl adjacent to an activating group) is 1. The number of nitrogens with two attached hydrogens (primary N) is 1. The summed E-state index contributed by atoms with van der Waals surface area (Å²) in [5, 5.41) is 0. The third-order valence-electron chi connectivity index (χ3n) is 6.13. The maximum atomic E-state index is 6.07. The molecular weight excluding hydrogens is 380 g/mol. The van der Waals surface area contributed by atoms with Crippen molar-refractivity contribution < 1.29 is 9.47 Å². The Morgan fingerprint density at radius 2 is 1.63 bits per heavy atom. The fourth-order valence-corrected chi connectivity index (χ4v) is 4.35. The van der Waals surface area contributed by atoms with E-state index in [-0.39, 0.29) is 0 Å². The molecule has 1 unspecified atom stereocenters. The molecule has 2 aliphatic heterocycles. The molecule has 1 atom stereocenters. The molecule has 1 aromatic heterocycles. The lowest BCUT2D eigenvalue weighted by molar-refractivity contribution is 0.312. The van der Waals surface area contributed by atoms with Crippen molar-refractivity contribution in [1.29, 1.82) is 0 Å². The van der Waals surface area contributed by atoms with Gasteiger partial charge in [0.2, 0.25) is 5.95 Å². The van der Waals surface area contributed by atoms with Gasteiger partial charge in [0, 0.05) is 45.3 Å². The Hall–Kier alpha value is -2.74. The minimum absolute atomic E-state index is 0.352. The van der Waals surface area contributed by atoms with Gasteiger partial charge in [0.25, 0.3) is 0 Å². The SMILES string of the molecule is COc1ccc(CC2CCN(c3cc(N4CCN(C)CC4)nc(N)n3)C2)cc1OC. The number of rotatable bonds is 6. The van der Waals surface area contributed by atoms with E-state index in [1.807, 2.05) is 6.07 Å². The lowest BCUT2D eigenvalue weighted by Gasteiger charge is -2.33. The molecule has 8 nitrogen and oxygen atoms in total. The van der Waals surface area contributed by atoms with Crippen molar-refractivity contribution in [2.75, 3.05) is 76.1 Å². The number of ether oxygens (including phenoxy) is 2. The van der Waals surface area contributed by atoms with Crippen LogP contribution >= 0.6 is 0 Å². The van der Waals surface area contributed by atoms with Crippen LogP contribution in [0.3, 0.4) is 0 Å². The summed E-state index contributed by atoms with van der Waals surface area (Å²) < 4.78 is 10.8. The van der Waals surface area contributed by atoms with E-state index < -0.39 is 0 Å². The van der Waals surface area contributed by atoms with Gasteiger partial charge in [-0.25, -0.2) is 0 Å². The van der Waals surface area contributed by atoms with Crippen molar-refractivity contribution in [3.63, 3.8) is 0 Å². The third-order valence-corrected chi connectivity index (χ3v) is 6.13. The third kappa shape index (κ3) is 4.53. The van der Waals surface area contributed by atoms with Crippen LogP contribution in [-0.2, 0) is 6.42 Å². The molecule has 0 saturated carbocycles. The highest BCUT2D eigenvalue weighted by atomic mass is 16.5. The molecule has 2 aromatic rings. The Morgan fingerprint density at radius 1 is 0.933 bits per heavy atom. The zero-order valence-corrected chi connectivity index (χ0v) is 18.2. The molecule has 2 saturated heterocycles. The van der Waals surface area contributed by atoms with Crippen LogP contribution in [0.15, 0.2) is 24.3 Å². The average molecular weight is 413 g/mol. The molecule has 2 aliphatic rings. The van der Waals surface area contributed by atoms with E-state index in [2.05, 4.69) is 49.9 Å². The van der Waals surface area contributed by atoms with Crippen LogP contribution in [0.2, 0.25) is 0 Å². The largest absolute Gasteiger partial charge is 0.493 e. The number of nitrogen functional groups attached to an aromatic ring is 1. The molecule has 162 valence electrons. The summed E-state index contributed by atoms with van der Waals surface area (Å²) in [5.41, 5.74) is 7.33. The second-order valence-corrected chi connectivity index (χ2v) is 8.23. The van der Waals surface area contributed by atoms with Crippen molar-refractivity contribution in [2.45, 2.75) is 12.8 Å². The number of nitrogens with zero attached hydrogens (tertiary/aromatic N) is 5. The van der Waals surface area contributed by atoms with Crippen LogP contribution in [0.5, 0.6) is 11.5 Å². The number of methoxy groups -OCH3 is 2. The highest BCUT2D eigenvalue weighted by Gasteiger charge is 2.26. The molecule has 2 fully saturated rings. The number of aromatic nitrogens is 2. The molecule has 2 N–H and O–H groups in total. The Labute approximate surface area is 178 Å². The van der Waals surface area contributed by atoms with Crippen LogP contribution in [-0.4, -0.2) is 75.4 Å². The molecule has 0 bridgehead atoms. The quantitative estimate of drug-likeness (QED) is 0.771. The van der Waals surface area contributed by atoms with Crippen LogP contribution in [0.25, 0.3) is 0 Å². The molecule has 30 heavy (non-hydrogen) atoms. The maximum Gasteiger partial charge on any atom is 0.223 e. The van der Waals surface area contributed by atoms with Gasteiger partial charge >= 0.3 is 0 Å². The first kappa shape index (κ1) is 20.5. The fraction of sp³-hybridized carbons (Fsp3) is 0.545. The molecule has 0 radical (unpaired) electrons. The molecule has 0 spiro atoms. The highest BCUT2D eigenvalue weighted by Crippen LogP contribution is 2.31. The predicted molar refractivity (Wildman–Crippen MR) is 120 cm³/mol. The summed E-state index contributed by atoms with van der Waals surface area (Å²) in [6.07, 6.45) is 2.13. The predicted octanol–water partition coefficient (Wildman–Crippen LogP) is 1.90. The molecule has 8 heteroatoms. The normalized spacial score (nSPS) is 19.9. The van der Waals surface area contributed by atoms with E-state index in [1.165, 1.54) is 5.56 Å². The first-order valence-corrected chi connectivity index (χ1v) is 10.6. The van der Waals surface area contributed by atoms with Crippen LogP contribution < -0.4 is 25.0 Å². The van der Waals surface area contributed by atoms with Gasteiger partial charge in [-0.3, -0.25) is 0 Å². The Bertz CT molecular complexity index is 869. The number of hydrogen-bond acceptors (Lipinski definition) is 8. The minimum atomic E-state index is 0.352. The lowest BCUT2D eigenvalue weighted by atomic mass is 9.98. The highest BCUT2D eigenvalue weighted by molar-refractivity contribution is 5.55. The Kier molecular flexibility index (Phi) is 6.13. The summed E-state index contributed by atoms with van der Waals surface area (Å²) in [6.45, 7) is 5.96. The van der Waals surface area contributed by atoms with Gasteiger partial charge in [-0.15, -0.1) is 0 Å². The van der Waals surface area contributed by atoms with Crippen molar-refractivity contribution in [2.24, 2.45) is 5.92 Å². The second kappa shape index (κ2) is 8.95. The molecule has 1 aromatic carbocycles. The maximum absolute atomic E-state index is 6.07. The summed E-state index contributed by atoms with van der Waals surface area (Å²) in [7, 11) is 5.49. The molecule has 4 rings (SSSR count). The molecule has 3 heterocycles. The number of piperazine rings is 1. The van der Waals surface area contributed by atoms with E-state index in [1.54, 1.807) is 14.2 Å². The fourth-order valence-electron chi connectivity index (χ4n) is 4.35. The molecular formula is C22H32N6O2. The summed E-state index contributed by atoms with van der Waals surface area (Å²) in [4.78, 5) is 16.0. The van der Waals surface area contributed by atoms with E-state index in [0.29, 0.717) is 11.9 Å². The first-order valence-electron chi connectivity index (χ1n) is 10.6. The van der Waals surface area contributed by atoms with Gasteiger partial charge in [-0.05, 0) is 43.5 Å². The van der Waals surface area contributed by atoms with Gasteiger partial charge in [-0.1, -0.05) is 6.07 Å². The monoisotopic (exact) mass is 412 g/mol. The van der Waals surface area contributed by atoms with E-state index in [0.717, 1.165) is 75.2 Å². The zero-order valence-electron chi connectivity index (χ0n) is 18.2. The average Bonchev–Trinajstić information content (AvgIpc) is 3.22. The van der Waals surface area contributed by atoms with Crippen molar-refractivity contribution in [3.8, 4) is 11.5 Å². The molecule has 0 aliphatic carbocycles. The Morgan fingerprint density at radius 3 is 2.33 bits per heavy atom. The summed E-state index contributed by atoms with van der Waals surface area (Å²) in [6, 6.07) is 8.28. The van der Waals surface area contributed by atoms with E-state index in [4.69, 9.17) is 15.2 Å². The van der Waals surface area contributed by atoms with Gasteiger partial charge < -0.3 is 29.9 Å². The molecule has 0 amide bonds. The van der Waals surface area contributed by atoms with Gasteiger partial charge in [0.05, 0.1) is 14.2 Å². The van der Waals surface area contributed by atoms with Gasteiger partial charge in [0.15, 0.2) is 11.5 Å². The van der Waals surface area contributed by atoms with Crippen molar-refractivity contribution in [1.82, 2.24) is 14.9 Å². The topological polar surface area (TPSA) is 80.0 Å². The first-order chi connectivity index (χ1) is 14.6.